The Kier molecular flexibility index (Phi) is 6.10. The van der Waals surface area contributed by atoms with E-state index in [2.05, 4.69) is 9.97 Å². The lowest BCUT2D eigenvalue weighted by Gasteiger charge is -2.11. The van der Waals surface area contributed by atoms with E-state index in [1.165, 1.54) is 0 Å². The van der Waals surface area contributed by atoms with Gasteiger partial charge in [-0.25, -0.2) is 9.78 Å². The van der Waals surface area contributed by atoms with Crippen molar-refractivity contribution in [2.24, 2.45) is 0 Å². The maximum atomic E-state index is 12.3. The van der Waals surface area contributed by atoms with Gasteiger partial charge in [0.2, 0.25) is 0 Å². The molecule has 0 saturated heterocycles. The van der Waals surface area contributed by atoms with Gasteiger partial charge in [0.25, 0.3) is 0 Å². The van der Waals surface area contributed by atoms with Gasteiger partial charge < -0.3 is 0 Å². The summed E-state index contributed by atoms with van der Waals surface area (Å²) in [5.41, 5.74) is 2.80. The van der Waals surface area contributed by atoms with Gasteiger partial charge in [0, 0.05) is 28.2 Å². The summed E-state index contributed by atoms with van der Waals surface area (Å²) in [6, 6.07) is 11.3. The van der Waals surface area contributed by atoms with Crippen molar-refractivity contribution in [2.75, 3.05) is 0 Å². The van der Waals surface area contributed by atoms with Crippen LogP contribution in [0.2, 0.25) is 5.02 Å². The van der Waals surface area contributed by atoms with Gasteiger partial charge in [0.1, 0.15) is 5.65 Å². The molecule has 0 bridgehead atoms. The summed E-state index contributed by atoms with van der Waals surface area (Å²) in [6.45, 7) is 8.50. The number of hydrogen-bond acceptors (Lipinski definition) is 3. The molecule has 0 N–H and O–H groups in total. The molecule has 1 aromatic carbocycles. The molecule has 0 amide bonds. The maximum Gasteiger partial charge on any atom is 0.349 e. The van der Waals surface area contributed by atoms with Gasteiger partial charge in [-0.15, -0.1) is 0 Å². The Balaban J connectivity index is 0.00000100. The van der Waals surface area contributed by atoms with E-state index in [-0.39, 0.29) is 5.69 Å². The number of aromatic nitrogens is 3. The van der Waals surface area contributed by atoms with Crippen LogP contribution >= 0.6 is 11.6 Å². The average molecular weight is 344 g/mol. The number of hydrogen-bond donors (Lipinski definition) is 0. The van der Waals surface area contributed by atoms with Crippen molar-refractivity contribution in [3.05, 3.63) is 57.6 Å². The van der Waals surface area contributed by atoms with E-state index >= 15 is 0 Å². The van der Waals surface area contributed by atoms with Crippen molar-refractivity contribution in [1.82, 2.24) is 14.5 Å². The lowest BCUT2D eigenvalue weighted by Crippen LogP contribution is -2.24. The first-order chi connectivity index (χ1) is 11.6. The van der Waals surface area contributed by atoms with E-state index in [0.29, 0.717) is 22.9 Å². The van der Waals surface area contributed by atoms with E-state index in [1.807, 2.05) is 58.0 Å². The zero-order valence-electron chi connectivity index (χ0n) is 14.5. The molecule has 0 spiro atoms. The van der Waals surface area contributed by atoms with E-state index in [1.54, 1.807) is 10.6 Å². The fourth-order valence-corrected chi connectivity index (χ4v) is 2.71. The first kappa shape index (κ1) is 18.1. The molecule has 0 aliphatic rings. The third kappa shape index (κ3) is 3.49. The van der Waals surface area contributed by atoms with Gasteiger partial charge in [0.15, 0.2) is 0 Å². The predicted molar refractivity (Wildman–Crippen MR) is 101 cm³/mol. The molecule has 0 aliphatic carbocycles. The van der Waals surface area contributed by atoms with Crippen LogP contribution in [0.5, 0.6) is 0 Å². The quantitative estimate of drug-likeness (QED) is 0.691. The molecule has 3 aromatic rings. The molecule has 2 heterocycles. The van der Waals surface area contributed by atoms with Crippen molar-refractivity contribution in [1.29, 1.82) is 0 Å². The molecule has 126 valence electrons. The van der Waals surface area contributed by atoms with Crippen LogP contribution in [0.1, 0.15) is 33.4 Å². The molecule has 4 nitrogen and oxygen atoms in total. The van der Waals surface area contributed by atoms with E-state index in [9.17, 15) is 4.79 Å². The topological polar surface area (TPSA) is 47.8 Å². The molecule has 0 unspecified atom stereocenters. The van der Waals surface area contributed by atoms with Crippen molar-refractivity contribution in [3.8, 4) is 11.3 Å². The van der Waals surface area contributed by atoms with Gasteiger partial charge in [-0.1, -0.05) is 44.5 Å². The highest BCUT2D eigenvalue weighted by atomic mass is 35.5. The second-order valence-corrected chi connectivity index (χ2v) is 5.46. The molecule has 24 heavy (non-hydrogen) atoms. The number of fused-ring (bicyclic) bond motifs is 1. The highest BCUT2D eigenvalue weighted by Crippen LogP contribution is 2.26. The number of nitrogens with zero attached hydrogens (tertiary/aromatic N) is 3. The Labute approximate surface area is 147 Å². The summed E-state index contributed by atoms with van der Waals surface area (Å²) in [4.78, 5) is 21.2. The first-order valence-corrected chi connectivity index (χ1v) is 8.68. The normalized spacial score (nSPS) is 10.4. The van der Waals surface area contributed by atoms with Crippen molar-refractivity contribution < 1.29 is 0 Å². The van der Waals surface area contributed by atoms with Crippen LogP contribution in [0.25, 0.3) is 22.3 Å². The first-order valence-electron chi connectivity index (χ1n) is 8.30. The summed E-state index contributed by atoms with van der Waals surface area (Å²) >= 11 is 6.07. The SMILES string of the molecule is CC.CCc1ccc2c(-c3cccc(Cl)c3)nc(=O)n(CC)c2n1. The number of rotatable bonds is 3. The van der Waals surface area contributed by atoms with Crippen LogP contribution in [0.4, 0.5) is 0 Å². The fourth-order valence-electron chi connectivity index (χ4n) is 2.52. The molecule has 0 radical (unpaired) electrons. The molecular weight excluding hydrogens is 322 g/mol. The Morgan fingerprint density at radius 1 is 1.08 bits per heavy atom. The molecular formula is C19H22ClN3O. The van der Waals surface area contributed by atoms with Crippen molar-refractivity contribution in [2.45, 2.75) is 40.7 Å². The predicted octanol–water partition coefficient (Wildman–Crippen LogP) is 4.72. The largest absolute Gasteiger partial charge is 0.349 e. The number of halogens is 1. The van der Waals surface area contributed by atoms with Gasteiger partial charge in [-0.2, -0.15) is 4.98 Å². The Hall–Kier alpha value is -2.20. The van der Waals surface area contributed by atoms with Crippen LogP contribution in [0, 0.1) is 0 Å². The van der Waals surface area contributed by atoms with Crippen LogP contribution in [-0.4, -0.2) is 14.5 Å². The van der Waals surface area contributed by atoms with Crippen LogP contribution in [0.3, 0.4) is 0 Å². The molecule has 0 fully saturated rings. The second-order valence-electron chi connectivity index (χ2n) is 5.02. The summed E-state index contributed by atoms with van der Waals surface area (Å²) in [5, 5.41) is 1.48. The van der Waals surface area contributed by atoms with Gasteiger partial charge in [-0.3, -0.25) is 4.57 Å². The summed E-state index contributed by atoms with van der Waals surface area (Å²) in [7, 11) is 0. The van der Waals surface area contributed by atoms with Crippen LogP contribution < -0.4 is 5.69 Å². The van der Waals surface area contributed by atoms with Crippen molar-refractivity contribution >= 4 is 22.6 Å². The van der Waals surface area contributed by atoms with Crippen LogP contribution in [-0.2, 0) is 13.0 Å². The van der Waals surface area contributed by atoms with Gasteiger partial charge >= 0.3 is 5.69 Å². The minimum absolute atomic E-state index is 0.286. The molecule has 2 aromatic heterocycles. The Bertz CT molecular complexity index is 903. The monoisotopic (exact) mass is 343 g/mol. The van der Waals surface area contributed by atoms with Gasteiger partial charge in [-0.05, 0) is 37.6 Å². The highest BCUT2D eigenvalue weighted by molar-refractivity contribution is 6.30. The third-order valence-electron chi connectivity index (χ3n) is 3.66. The third-order valence-corrected chi connectivity index (χ3v) is 3.89. The summed E-state index contributed by atoms with van der Waals surface area (Å²) in [5.74, 6) is 0. The van der Waals surface area contributed by atoms with Gasteiger partial charge in [0.05, 0.1) is 5.69 Å². The fraction of sp³-hybridized carbons (Fsp3) is 0.316. The van der Waals surface area contributed by atoms with E-state index in [0.717, 1.165) is 23.1 Å². The number of benzene rings is 1. The Morgan fingerprint density at radius 3 is 2.46 bits per heavy atom. The number of pyridine rings is 1. The molecule has 5 heteroatoms. The average Bonchev–Trinajstić information content (AvgIpc) is 2.62. The molecule has 0 atom stereocenters. The van der Waals surface area contributed by atoms with E-state index in [4.69, 9.17) is 11.6 Å². The zero-order valence-corrected chi connectivity index (χ0v) is 15.3. The summed E-state index contributed by atoms with van der Waals surface area (Å²) < 4.78 is 1.60. The minimum atomic E-state index is -0.286. The zero-order chi connectivity index (χ0) is 17.7. The van der Waals surface area contributed by atoms with Crippen LogP contribution in [0.15, 0.2) is 41.2 Å². The summed E-state index contributed by atoms with van der Waals surface area (Å²) in [6.07, 6.45) is 0.822. The van der Waals surface area contributed by atoms with E-state index < -0.39 is 0 Å². The second kappa shape index (κ2) is 8.06. The smallest absolute Gasteiger partial charge is 0.276 e. The molecule has 0 aliphatic heterocycles. The minimum Gasteiger partial charge on any atom is -0.276 e. The lowest BCUT2D eigenvalue weighted by molar-refractivity contribution is 0.721. The number of aryl methyl sites for hydroxylation is 2. The Morgan fingerprint density at radius 2 is 1.83 bits per heavy atom. The highest BCUT2D eigenvalue weighted by Gasteiger charge is 2.13. The standard InChI is InChI=1S/C17H16ClN3O.C2H6/c1-3-13-8-9-14-15(11-6-5-7-12(18)10-11)20-17(22)21(4-2)16(14)19-13;1-2/h5-10H,3-4H2,1-2H3;1-2H3. The molecule has 3 rings (SSSR count). The maximum absolute atomic E-state index is 12.3. The van der Waals surface area contributed by atoms with Crippen molar-refractivity contribution in [3.63, 3.8) is 0 Å². The molecule has 0 saturated carbocycles. The lowest BCUT2D eigenvalue weighted by atomic mass is 10.1.